The zero-order valence-corrected chi connectivity index (χ0v) is 15.1. The van der Waals surface area contributed by atoms with Gasteiger partial charge in [0, 0.05) is 47.8 Å². The minimum Gasteiger partial charge on any atom is -0.361 e. The molecule has 0 radical (unpaired) electrons. The van der Waals surface area contributed by atoms with Crippen LogP contribution in [-0.2, 0) is 13.0 Å². The smallest absolute Gasteiger partial charge is 0.123 e. The average molecular weight is 358 g/mol. The van der Waals surface area contributed by atoms with E-state index < -0.39 is 0 Å². The third-order valence-electron chi connectivity index (χ3n) is 5.53. The standard InChI is InChI=1S/C21H22N6/c1-3-16(11-22-7-1)13-26-8-2-4-18(26)9-17-12-23-21-6-5-19(10-20(17)21)27-14-24-25-15-27/h1,3,5-7,10-12,14-15,18,23H,2,4,8-9,13H2. The van der Waals surface area contributed by atoms with Crippen LogP contribution >= 0.6 is 0 Å². The largest absolute Gasteiger partial charge is 0.361 e. The van der Waals surface area contributed by atoms with Crippen molar-refractivity contribution in [1.29, 1.82) is 0 Å². The molecule has 0 aliphatic carbocycles. The van der Waals surface area contributed by atoms with E-state index in [1.807, 2.05) is 23.0 Å². The predicted octanol–water partition coefficient (Wildman–Crippen LogP) is 3.35. The Labute approximate surface area is 157 Å². The second-order valence-electron chi connectivity index (χ2n) is 7.24. The quantitative estimate of drug-likeness (QED) is 0.594. The van der Waals surface area contributed by atoms with Crippen molar-refractivity contribution in [3.05, 3.63) is 72.7 Å². The van der Waals surface area contributed by atoms with Gasteiger partial charge >= 0.3 is 0 Å². The first-order valence-electron chi connectivity index (χ1n) is 9.45. The van der Waals surface area contributed by atoms with E-state index >= 15 is 0 Å². The SMILES string of the molecule is c1cncc(CN2CCCC2Cc2c[nH]c3ccc(-n4cnnc4)cc23)c1. The van der Waals surface area contributed by atoms with Crippen LogP contribution in [0.2, 0.25) is 0 Å². The van der Waals surface area contributed by atoms with Crippen molar-refractivity contribution in [2.45, 2.75) is 31.8 Å². The van der Waals surface area contributed by atoms with Gasteiger partial charge in [-0.2, -0.15) is 0 Å². The number of nitrogens with one attached hydrogen (secondary N) is 1. The lowest BCUT2D eigenvalue weighted by Crippen LogP contribution is -2.30. The molecule has 1 saturated heterocycles. The van der Waals surface area contributed by atoms with Crippen molar-refractivity contribution in [3.8, 4) is 5.69 Å². The number of likely N-dealkylation sites (tertiary alicyclic amines) is 1. The van der Waals surface area contributed by atoms with Gasteiger partial charge in [0.15, 0.2) is 0 Å². The van der Waals surface area contributed by atoms with Gasteiger partial charge in [-0.15, -0.1) is 10.2 Å². The highest BCUT2D eigenvalue weighted by atomic mass is 15.2. The summed E-state index contributed by atoms with van der Waals surface area (Å²) >= 11 is 0. The summed E-state index contributed by atoms with van der Waals surface area (Å²) in [5, 5.41) is 9.12. The molecule has 1 aromatic carbocycles. The van der Waals surface area contributed by atoms with Gasteiger partial charge in [0.25, 0.3) is 0 Å². The van der Waals surface area contributed by atoms with Gasteiger partial charge in [-0.3, -0.25) is 14.5 Å². The summed E-state index contributed by atoms with van der Waals surface area (Å²) in [6.45, 7) is 2.14. The fourth-order valence-electron chi connectivity index (χ4n) is 4.14. The molecule has 6 heteroatoms. The monoisotopic (exact) mass is 358 g/mol. The summed E-state index contributed by atoms with van der Waals surface area (Å²) in [6.07, 6.45) is 13.0. The predicted molar refractivity (Wildman–Crippen MR) is 105 cm³/mol. The molecule has 1 N–H and O–H groups in total. The fourth-order valence-corrected chi connectivity index (χ4v) is 4.14. The molecule has 1 fully saturated rings. The van der Waals surface area contributed by atoms with Crippen molar-refractivity contribution in [2.75, 3.05) is 6.54 Å². The number of hydrogen-bond donors (Lipinski definition) is 1. The molecule has 27 heavy (non-hydrogen) atoms. The van der Waals surface area contributed by atoms with Crippen LogP contribution in [0.5, 0.6) is 0 Å². The molecule has 4 heterocycles. The number of benzene rings is 1. The number of hydrogen-bond acceptors (Lipinski definition) is 4. The molecule has 3 aromatic heterocycles. The highest BCUT2D eigenvalue weighted by molar-refractivity contribution is 5.85. The maximum absolute atomic E-state index is 4.26. The number of H-pyrrole nitrogens is 1. The van der Waals surface area contributed by atoms with E-state index in [2.05, 4.69) is 55.5 Å². The van der Waals surface area contributed by atoms with Gasteiger partial charge in [-0.25, -0.2) is 0 Å². The maximum atomic E-state index is 4.26. The van der Waals surface area contributed by atoms with E-state index in [1.165, 1.54) is 34.9 Å². The molecule has 4 aromatic rings. The van der Waals surface area contributed by atoms with Crippen molar-refractivity contribution in [2.24, 2.45) is 0 Å². The lowest BCUT2D eigenvalue weighted by molar-refractivity contribution is 0.244. The molecule has 6 nitrogen and oxygen atoms in total. The molecule has 1 aliphatic rings. The molecule has 1 unspecified atom stereocenters. The second-order valence-corrected chi connectivity index (χ2v) is 7.24. The zero-order chi connectivity index (χ0) is 18.1. The molecule has 0 spiro atoms. The van der Waals surface area contributed by atoms with Crippen LogP contribution in [0.4, 0.5) is 0 Å². The van der Waals surface area contributed by atoms with E-state index in [1.54, 1.807) is 12.7 Å². The number of nitrogens with zero attached hydrogens (tertiary/aromatic N) is 5. The Kier molecular flexibility index (Phi) is 4.18. The Hall–Kier alpha value is -2.99. The van der Waals surface area contributed by atoms with Gasteiger partial charge in [0.1, 0.15) is 12.7 Å². The van der Waals surface area contributed by atoms with Gasteiger partial charge in [-0.1, -0.05) is 6.07 Å². The van der Waals surface area contributed by atoms with Crippen LogP contribution in [0.15, 0.2) is 61.6 Å². The average Bonchev–Trinajstić information content (AvgIpc) is 3.45. The van der Waals surface area contributed by atoms with Crippen molar-refractivity contribution < 1.29 is 0 Å². The number of rotatable bonds is 5. The van der Waals surface area contributed by atoms with Crippen LogP contribution in [0.1, 0.15) is 24.0 Å². The highest BCUT2D eigenvalue weighted by Gasteiger charge is 2.25. The fraction of sp³-hybridized carbons (Fsp3) is 0.286. The van der Waals surface area contributed by atoms with Crippen LogP contribution in [-0.4, -0.2) is 42.2 Å². The number of aromatic nitrogens is 5. The first-order valence-corrected chi connectivity index (χ1v) is 9.45. The maximum Gasteiger partial charge on any atom is 0.123 e. The Bertz CT molecular complexity index is 1020. The van der Waals surface area contributed by atoms with E-state index in [9.17, 15) is 0 Å². The van der Waals surface area contributed by atoms with Crippen LogP contribution in [0.3, 0.4) is 0 Å². The Morgan fingerprint density at radius 3 is 2.93 bits per heavy atom. The Balaban J connectivity index is 1.39. The third-order valence-corrected chi connectivity index (χ3v) is 5.53. The van der Waals surface area contributed by atoms with Crippen molar-refractivity contribution >= 4 is 10.9 Å². The molecular weight excluding hydrogens is 336 g/mol. The van der Waals surface area contributed by atoms with E-state index in [-0.39, 0.29) is 0 Å². The molecule has 1 atom stereocenters. The molecular formula is C21H22N6. The first-order chi connectivity index (χ1) is 13.4. The summed E-state index contributed by atoms with van der Waals surface area (Å²) < 4.78 is 1.94. The van der Waals surface area contributed by atoms with E-state index in [0.717, 1.165) is 25.2 Å². The Morgan fingerprint density at radius 1 is 1.15 bits per heavy atom. The molecule has 0 amide bonds. The van der Waals surface area contributed by atoms with Gasteiger partial charge in [-0.05, 0) is 61.2 Å². The summed E-state index contributed by atoms with van der Waals surface area (Å²) in [4.78, 5) is 10.3. The summed E-state index contributed by atoms with van der Waals surface area (Å²) in [6, 6.07) is 11.2. The van der Waals surface area contributed by atoms with Gasteiger partial charge in [0.05, 0.1) is 0 Å². The Morgan fingerprint density at radius 2 is 2.07 bits per heavy atom. The van der Waals surface area contributed by atoms with Crippen molar-refractivity contribution in [3.63, 3.8) is 0 Å². The minimum atomic E-state index is 0.572. The zero-order valence-electron chi connectivity index (χ0n) is 15.1. The molecule has 1 aliphatic heterocycles. The van der Waals surface area contributed by atoms with Crippen LogP contribution in [0.25, 0.3) is 16.6 Å². The molecule has 0 saturated carbocycles. The first kappa shape index (κ1) is 16.2. The van der Waals surface area contributed by atoms with E-state index in [0.29, 0.717) is 6.04 Å². The molecule has 5 rings (SSSR count). The van der Waals surface area contributed by atoms with Gasteiger partial charge < -0.3 is 4.98 Å². The van der Waals surface area contributed by atoms with E-state index in [4.69, 9.17) is 0 Å². The molecule has 136 valence electrons. The molecule has 0 bridgehead atoms. The normalized spacial score (nSPS) is 17.7. The second kappa shape index (κ2) is 6.96. The summed E-state index contributed by atoms with van der Waals surface area (Å²) in [5.74, 6) is 0. The number of aromatic amines is 1. The number of pyridine rings is 1. The lowest BCUT2D eigenvalue weighted by Gasteiger charge is -2.24. The minimum absolute atomic E-state index is 0.572. The topological polar surface area (TPSA) is 62.6 Å². The van der Waals surface area contributed by atoms with Crippen molar-refractivity contribution in [1.82, 2.24) is 29.6 Å². The summed E-state index contributed by atoms with van der Waals surface area (Å²) in [7, 11) is 0. The number of fused-ring (bicyclic) bond motifs is 1. The third kappa shape index (κ3) is 3.24. The van der Waals surface area contributed by atoms with Crippen LogP contribution < -0.4 is 0 Å². The van der Waals surface area contributed by atoms with Crippen LogP contribution in [0, 0.1) is 0 Å². The summed E-state index contributed by atoms with van der Waals surface area (Å²) in [5.41, 5.74) is 4.94. The van der Waals surface area contributed by atoms with Gasteiger partial charge in [0.2, 0.25) is 0 Å². The lowest BCUT2D eigenvalue weighted by atomic mass is 10.0. The highest BCUT2D eigenvalue weighted by Crippen LogP contribution is 2.28.